The van der Waals surface area contributed by atoms with Crippen molar-refractivity contribution < 1.29 is 9.47 Å². The van der Waals surface area contributed by atoms with Crippen LogP contribution in [0.15, 0.2) is 23.7 Å². The highest BCUT2D eigenvalue weighted by atomic mass is 16.5. The van der Waals surface area contributed by atoms with Gasteiger partial charge in [0, 0.05) is 12.0 Å². The molecule has 0 unspecified atom stereocenters. The van der Waals surface area contributed by atoms with E-state index in [1.165, 1.54) is 63.1 Å². The minimum absolute atomic E-state index is 0.0103. The summed E-state index contributed by atoms with van der Waals surface area (Å²) >= 11 is 0. The van der Waals surface area contributed by atoms with E-state index >= 15 is 0 Å². The van der Waals surface area contributed by atoms with Crippen molar-refractivity contribution in [1.29, 1.82) is 0 Å². The molecule has 4 heteroatoms. The average Bonchev–Trinajstić information content (AvgIpc) is 2.85. The lowest BCUT2D eigenvalue weighted by Gasteiger charge is -2.42. The number of methoxy groups -OCH3 is 2. The van der Waals surface area contributed by atoms with Crippen molar-refractivity contribution in [2.45, 2.75) is 51.4 Å². The molecule has 1 saturated carbocycles. The Morgan fingerprint density at radius 3 is 2.12 bits per heavy atom. The molecule has 0 radical (unpaired) electrons. The second-order valence-electron chi connectivity index (χ2n) is 8.84. The monoisotopic (exact) mass is 362 g/mol. The molecular formula is C22H38N2O2. The van der Waals surface area contributed by atoms with Crippen LogP contribution in [0.3, 0.4) is 0 Å². The Morgan fingerprint density at radius 1 is 0.962 bits per heavy atom. The first-order valence-corrected chi connectivity index (χ1v) is 10.5. The summed E-state index contributed by atoms with van der Waals surface area (Å²) in [6.45, 7) is 4.60. The van der Waals surface area contributed by atoms with Crippen LogP contribution in [0.2, 0.25) is 0 Å². The Morgan fingerprint density at radius 2 is 1.58 bits per heavy atom. The summed E-state index contributed by atoms with van der Waals surface area (Å²) in [5.74, 6) is 2.35. The van der Waals surface area contributed by atoms with Crippen LogP contribution in [0.5, 0.6) is 0 Å². The molecule has 26 heavy (non-hydrogen) atoms. The molecule has 0 bridgehead atoms. The minimum Gasteiger partial charge on any atom is -0.500 e. The van der Waals surface area contributed by atoms with Crippen LogP contribution in [-0.4, -0.2) is 64.3 Å². The van der Waals surface area contributed by atoms with Gasteiger partial charge in [0.15, 0.2) is 0 Å². The van der Waals surface area contributed by atoms with Crippen molar-refractivity contribution in [3.63, 3.8) is 0 Å². The van der Waals surface area contributed by atoms with Crippen molar-refractivity contribution in [2.24, 2.45) is 10.8 Å². The molecule has 4 nitrogen and oxygen atoms in total. The summed E-state index contributed by atoms with van der Waals surface area (Å²) in [6, 6.07) is 0. The zero-order valence-electron chi connectivity index (χ0n) is 17.4. The van der Waals surface area contributed by atoms with Gasteiger partial charge < -0.3 is 19.3 Å². The fraction of sp³-hybridized carbons (Fsp3) is 0.818. The van der Waals surface area contributed by atoms with Gasteiger partial charge in [-0.2, -0.15) is 0 Å². The van der Waals surface area contributed by atoms with Crippen molar-refractivity contribution in [3.8, 4) is 0 Å². The fourth-order valence-electron chi connectivity index (χ4n) is 5.27. The molecule has 1 saturated heterocycles. The van der Waals surface area contributed by atoms with Crippen molar-refractivity contribution >= 4 is 0 Å². The first-order chi connectivity index (χ1) is 12.5. The molecule has 0 aromatic rings. The first-order valence-electron chi connectivity index (χ1n) is 10.5. The number of likely N-dealkylation sites (tertiary alicyclic amines) is 1. The standard InChI is InChI=1S/C22H38N2O2/c1-23(2)13-9-14-24-15-12-21(18-24)16-19(25-3)22(20(17-21)26-4)10-7-5-6-8-11-22/h16-17H,5-15,18H2,1-4H3. The molecule has 2 fully saturated rings. The van der Waals surface area contributed by atoms with E-state index in [-0.39, 0.29) is 10.8 Å². The van der Waals surface area contributed by atoms with Crippen LogP contribution in [0.25, 0.3) is 0 Å². The van der Waals surface area contributed by atoms with Crippen LogP contribution < -0.4 is 0 Å². The number of nitrogens with zero attached hydrogens (tertiary/aromatic N) is 2. The van der Waals surface area contributed by atoms with Crippen LogP contribution in [0, 0.1) is 10.8 Å². The van der Waals surface area contributed by atoms with Crippen molar-refractivity contribution in [3.05, 3.63) is 23.7 Å². The normalized spacial score (nSPS) is 25.3. The van der Waals surface area contributed by atoms with E-state index in [9.17, 15) is 0 Å². The smallest absolute Gasteiger partial charge is 0.106 e. The summed E-state index contributed by atoms with van der Waals surface area (Å²) in [5, 5.41) is 0. The van der Waals surface area contributed by atoms with Gasteiger partial charge in [0.2, 0.25) is 0 Å². The number of ether oxygens (including phenoxy) is 2. The summed E-state index contributed by atoms with van der Waals surface area (Å²) in [5.41, 5.74) is 0.0793. The van der Waals surface area contributed by atoms with Gasteiger partial charge in [-0.1, -0.05) is 25.7 Å². The van der Waals surface area contributed by atoms with Crippen molar-refractivity contribution in [1.82, 2.24) is 9.80 Å². The van der Waals surface area contributed by atoms with E-state index in [1.54, 1.807) is 0 Å². The topological polar surface area (TPSA) is 24.9 Å². The predicted molar refractivity (Wildman–Crippen MR) is 107 cm³/mol. The molecule has 0 N–H and O–H groups in total. The molecular weight excluding hydrogens is 324 g/mol. The SMILES string of the molecule is COC1=CC2(C=C(OC)C13CCCCCC3)CCN(CCCN(C)C)C2. The average molecular weight is 363 g/mol. The summed E-state index contributed by atoms with van der Waals surface area (Å²) < 4.78 is 12.0. The van der Waals surface area contributed by atoms with Gasteiger partial charge in [-0.25, -0.2) is 0 Å². The second kappa shape index (κ2) is 8.35. The Balaban J connectivity index is 1.78. The zero-order valence-corrected chi connectivity index (χ0v) is 17.4. The maximum Gasteiger partial charge on any atom is 0.106 e. The third-order valence-corrected chi connectivity index (χ3v) is 6.67. The van der Waals surface area contributed by atoms with Crippen LogP contribution in [0.4, 0.5) is 0 Å². The first kappa shape index (κ1) is 19.8. The van der Waals surface area contributed by atoms with E-state index in [4.69, 9.17) is 9.47 Å². The molecule has 0 atom stereocenters. The van der Waals surface area contributed by atoms with Gasteiger partial charge in [-0.05, 0) is 71.6 Å². The van der Waals surface area contributed by atoms with Crippen LogP contribution in [0.1, 0.15) is 51.4 Å². The molecule has 2 spiro atoms. The van der Waals surface area contributed by atoms with E-state index in [0.717, 1.165) is 25.9 Å². The molecule has 0 aromatic heterocycles. The molecule has 1 aliphatic heterocycles. The van der Waals surface area contributed by atoms with Gasteiger partial charge >= 0.3 is 0 Å². The Labute approximate surface area is 160 Å². The van der Waals surface area contributed by atoms with E-state index in [0.29, 0.717) is 0 Å². The Hall–Kier alpha value is -1.00. The molecule has 0 amide bonds. The third kappa shape index (κ3) is 3.96. The molecule has 1 heterocycles. The molecule has 0 aromatic carbocycles. The van der Waals surface area contributed by atoms with Gasteiger partial charge in [-0.15, -0.1) is 0 Å². The number of rotatable bonds is 6. The van der Waals surface area contributed by atoms with Crippen LogP contribution in [-0.2, 0) is 9.47 Å². The molecule has 3 aliphatic rings. The highest BCUT2D eigenvalue weighted by Gasteiger charge is 2.49. The zero-order chi connectivity index (χ0) is 18.6. The third-order valence-electron chi connectivity index (χ3n) is 6.67. The lowest BCUT2D eigenvalue weighted by Crippen LogP contribution is -2.36. The van der Waals surface area contributed by atoms with E-state index in [1.807, 2.05) is 14.2 Å². The molecule has 2 aliphatic carbocycles. The van der Waals surface area contributed by atoms with Crippen LogP contribution >= 0.6 is 0 Å². The minimum atomic E-state index is -0.0103. The molecule has 3 rings (SSSR count). The quantitative estimate of drug-likeness (QED) is 0.712. The summed E-state index contributed by atoms with van der Waals surface area (Å²) in [4.78, 5) is 4.89. The Bertz CT molecular complexity index is 506. The fourth-order valence-corrected chi connectivity index (χ4v) is 5.27. The Kier molecular flexibility index (Phi) is 6.34. The summed E-state index contributed by atoms with van der Waals surface area (Å²) in [7, 11) is 8.02. The van der Waals surface area contributed by atoms with E-state index < -0.39 is 0 Å². The van der Waals surface area contributed by atoms with Gasteiger partial charge in [0.05, 0.1) is 19.6 Å². The second-order valence-corrected chi connectivity index (χ2v) is 8.84. The lowest BCUT2D eigenvalue weighted by atomic mass is 9.68. The van der Waals surface area contributed by atoms with Crippen molar-refractivity contribution in [2.75, 3.05) is 54.5 Å². The van der Waals surface area contributed by atoms with Gasteiger partial charge in [0.1, 0.15) is 11.5 Å². The lowest BCUT2D eigenvalue weighted by molar-refractivity contribution is 0.0965. The predicted octanol–water partition coefficient (Wildman–Crippen LogP) is 4.05. The largest absolute Gasteiger partial charge is 0.500 e. The summed E-state index contributed by atoms with van der Waals surface area (Å²) in [6.07, 6.45) is 14.9. The highest BCUT2D eigenvalue weighted by Crippen LogP contribution is 2.54. The number of hydrogen-bond acceptors (Lipinski definition) is 4. The molecule has 148 valence electrons. The van der Waals surface area contributed by atoms with Gasteiger partial charge in [-0.3, -0.25) is 0 Å². The number of hydrogen-bond donors (Lipinski definition) is 0. The van der Waals surface area contributed by atoms with Gasteiger partial charge in [0.25, 0.3) is 0 Å². The van der Waals surface area contributed by atoms with E-state index in [2.05, 4.69) is 36.0 Å². The highest BCUT2D eigenvalue weighted by molar-refractivity contribution is 5.35. The maximum absolute atomic E-state index is 6.02. The maximum atomic E-state index is 6.02.